The first-order valence-electron chi connectivity index (χ1n) is 10.9. The number of anilines is 1. The fourth-order valence-corrected chi connectivity index (χ4v) is 4.14. The van der Waals surface area contributed by atoms with Crippen molar-refractivity contribution < 1.29 is 29.0 Å². The van der Waals surface area contributed by atoms with Crippen LogP contribution in [0.5, 0.6) is 0 Å². The zero-order valence-corrected chi connectivity index (χ0v) is 20.7. The molecule has 1 aliphatic rings. The second-order valence-electron chi connectivity index (χ2n) is 11.0. The number of esters is 2. The summed E-state index contributed by atoms with van der Waals surface area (Å²) in [5.74, 6) is -5.07. The van der Waals surface area contributed by atoms with Gasteiger partial charge in [0.05, 0.1) is 11.5 Å². The van der Waals surface area contributed by atoms with Crippen LogP contribution in [-0.2, 0) is 23.9 Å². The van der Waals surface area contributed by atoms with Gasteiger partial charge in [-0.3, -0.25) is 14.4 Å². The molecule has 7 nitrogen and oxygen atoms in total. The Balaban J connectivity index is 2.64. The van der Waals surface area contributed by atoms with Crippen molar-refractivity contribution >= 4 is 23.4 Å². The molecule has 0 saturated heterocycles. The first kappa shape index (κ1) is 25.8. The minimum absolute atomic E-state index is 0.340. The molecule has 1 aliphatic carbocycles. The van der Waals surface area contributed by atoms with E-state index in [4.69, 9.17) is 9.47 Å². The molecule has 178 valence electrons. The SMILES string of the molecule is CN(C)c1ccc([C@H]2[C@@H](C(=O)OC(C)(C)C)C(=O)C[C@@](C)(O)[C@H]2C(=O)OC(C)(C)C)cc1. The Labute approximate surface area is 191 Å². The van der Waals surface area contributed by atoms with E-state index in [9.17, 15) is 19.5 Å². The normalized spacial score (nSPS) is 26.4. The third-order valence-electron chi connectivity index (χ3n) is 5.38. The summed E-state index contributed by atoms with van der Waals surface area (Å²) in [6.07, 6.45) is -0.340. The highest BCUT2D eigenvalue weighted by atomic mass is 16.6. The predicted octanol–water partition coefficient (Wildman–Crippen LogP) is 3.48. The molecule has 4 atom stereocenters. The van der Waals surface area contributed by atoms with Crippen LogP contribution in [0, 0.1) is 11.8 Å². The summed E-state index contributed by atoms with van der Waals surface area (Å²) in [5, 5.41) is 11.2. The molecule has 0 unspecified atom stereocenters. The van der Waals surface area contributed by atoms with Crippen molar-refractivity contribution in [1.82, 2.24) is 0 Å². The fourth-order valence-electron chi connectivity index (χ4n) is 4.14. The molecule has 0 bridgehead atoms. The second-order valence-corrected chi connectivity index (χ2v) is 11.0. The number of hydrogen-bond acceptors (Lipinski definition) is 7. The topological polar surface area (TPSA) is 93.1 Å². The van der Waals surface area contributed by atoms with Crippen molar-refractivity contribution in [2.45, 2.75) is 77.6 Å². The van der Waals surface area contributed by atoms with Gasteiger partial charge in [-0.15, -0.1) is 0 Å². The maximum atomic E-state index is 13.3. The van der Waals surface area contributed by atoms with E-state index < -0.39 is 52.3 Å². The van der Waals surface area contributed by atoms with Crippen molar-refractivity contribution in [3.05, 3.63) is 29.8 Å². The lowest BCUT2D eigenvalue weighted by atomic mass is 9.61. The molecular formula is C25H37NO6. The second kappa shape index (κ2) is 8.85. The molecule has 1 fully saturated rings. The van der Waals surface area contributed by atoms with Gasteiger partial charge in [-0.05, 0) is 66.2 Å². The zero-order valence-electron chi connectivity index (χ0n) is 20.7. The molecule has 1 aromatic rings. The lowest BCUT2D eigenvalue weighted by molar-refractivity contribution is -0.182. The predicted molar refractivity (Wildman–Crippen MR) is 122 cm³/mol. The number of carbonyl (C=O) groups is 3. The van der Waals surface area contributed by atoms with Gasteiger partial charge in [0.15, 0.2) is 5.78 Å². The third kappa shape index (κ3) is 6.09. The van der Waals surface area contributed by atoms with E-state index in [0.29, 0.717) is 5.56 Å². The molecular weight excluding hydrogens is 410 g/mol. The van der Waals surface area contributed by atoms with Gasteiger partial charge in [0.25, 0.3) is 0 Å². The van der Waals surface area contributed by atoms with E-state index in [1.165, 1.54) is 6.92 Å². The monoisotopic (exact) mass is 447 g/mol. The van der Waals surface area contributed by atoms with Gasteiger partial charge < -0.3 is 19.5 Å². The Morgan fingerprint density at radius 3 is 1.88 bits per heavy atom. The minimum Gasteiger partial charge on any atom is -0.460 e. The van der Waals surface area contributed by atoms with E-state index in [1.54, 1.807) is 53.7 Å². The van der Waals surface area contributed by atoms with Crippen LogP contribution in [0.25, 0.3) is 0 Å². The van der Waals surface area contributed by atoms with Gasteiger partial charge >= 0.3 is 11.9 Å². The molecule has 0 radical (unpaired) electrons. The van der Waals surface area contributed by atoms with E-state index in [0.717, 1.165) is 5.69 Å². The smallest absolute Gasteiger partial charge is 0.317 e. The Morgan fingerprint density at radius 1 is 0.969 bits per heavy atom. The molecule has 0 amide bonds. The molecule has 0 aromatic heterocycles. The standard InChI is InChI=1S/C25H37NO6/c1-23(2,3)31-21(28)19-17(27)14-25(7,30)20(22(29)32-24(4,5)6)18(19)15-10-12-16(13-11-15)26(8)9/h10-13,18-20,30H,14H2,1-9H3/t18-,19-,20+,25+/m0/s1. The highest BCUT2D eigenvalue weighted by Gasteiger charge is 2.57. The summed E-state index contributed by atoms with van der Waals surface area (Å²) < 4.78 is 11.2. The zero-order chi connectivity index (χ0) is 24.6. The summed E-state index contributed by atoms with van der Waals surface area (Å²) in [4.78, 5) is 41.5. The Morgan fingerprint density at radius 2 is 1.44 bits per heavy atom. The number of aliphatic hydroxyl groups is 1. The summed E-state index contributed by atoms with van der Waals surface area (Å²) in [7, 11) is 3.80. The van der Waals surface area contributed by atoms with Crippen LogP contribution < -0.4 is 4.90 Å². The average molecular weight is 448 g/mol. The molecule has 1 aromatic carbocycles. The molecule has 32 heavy (non-hydrogen) atoms. The summed E-state index contributed by atoms with van der Waals surface area (Å²) in [6.45, 7) is 11.8. The van der Waals surface area contributed by atoms with Gasteiger partial charge in [-0.1, -0.05) is 12.1 Å². The number of ketones is 1. The van der Waals surface area contributed by atoms with Crippen molar-refractivity contribution in [2.75, 3.05) is 19.0 Å². The van der Waals surface area contributed by atoms with Crippen LogP contribution in [0.3, 0.4) is 0 Å². The Bertz CT molecular complexity index is 858. The first-order valence-corrected chi connectivity index (χ1v) is 10.9. The molecule has 0 aliphatic heterocycles. The highest BCUT2D eigenvalue weighted by Crippen LogP contribution is 2.47. The lowest BCUT2D eigenvalue weighted by Crippen LogP contribution is -2.56. The number of hydrogen-bond donors (Lipinski definition) is 1. The fraction of sp³-hybridized carbons (Fsp3) is 0.640. The van der Waals surface area contributed by atoms with Crippen LogP contribution in [0.15, 0.2) is 24.3 Å². The van der Waals surface area contributed by atoms with Crippen molar-refractivity contribution in [3.63, 3.8) is 0 Å². The van der Waals surface area contributed by atoms with E-state index in [1.807, 2.05) is 31.1 Å². The van der Waals surface area contributed by atoms with E-state index in [2.05, 4.69) is 0 Å². The van der Waals surface area contributed by atoms with Crippen LogP contribution in [-0.4, -0.2) is 53.7 Å². The Kier molecular flexibility index (Phi) is 7.15. The average Bonchev–Trinajstić information content (AvgIpc) is 2.56. The number of benzene rings is 1. The maximum Gasteiger partial charge on any atom is 0.317 e. The van der Waals surface area contributed by atoms with Crippen molar-refractivity contribution in [2.24, 2.45) is 11.8 Å². The lowest BCUT2D eigenvalue weighted by Gasteiger charge is -2.44. The van der Waals surface area contributed by atoms with Crippen LogP contribution in [0.4, 0.5) is 5.69 Å². The number of rotatable bonds is 4. The highest BCUT2D eigenvalue weighted by molar-refractivity contribution is 6.03. The largest absolute Gasteiger partial charge is 0.460 e. The minimum atomic E-state index is -1.68. The molecule has 2 rings (SSSR count). The van der Waals surface area contributed by atoms with Crippen LogP contribution >= 0.6 is 0 Å². The van der Waals surface area contributed by atoms with E-state index >= 15 is 0 Å². The maximum absolute atomic E-state index is 13.3. The Hall–Kier alpha value is -2.41. The summed E-state index contributed by atoms with van der Waals surface area (Å²) in [6, 6.07) is 7.26. The molecule has 0 heterocycles. The molecule has 1 saturated carbocycles. The number of ether oxygens (including phenoxy) is 2. The van der Waals surface area contributed by atoms with Gasteiger partial charge in [-0.2, -0.15) is 0 Å². The number of Topliss-reactive ketones (excluding diaryl/α,β-unsaturated/α-hetero) is 1. The van der Waals surface area contributed by atoms with Crippen LogP contribution in [0.2, 0.25) is 0 Å². The van der Waals surface area contributed by atoms with E-state index in [-0.39, 0.29) is 6.42 Å². The molecule has 1 N–H and O–H groups in total. The van der Waals surface area contributed by atoms with Crippen LogP contribution in [0.1, 0.15) is 66.4 Å². The quantitative estimate of drug-likeness (QED) is 0.558. The first-order chi connectivity index (χ1) is 14.4. The summed E-state index contributed by atoms with van der Waals surface area (Å²) >= 11 is 0. The van der Waals surface area contributed by atoms with Gasteiger partial charge in [-0.25, -0.2) is 0 Å². The molecule has 7 heteroatoms. The number of carbonyl (C=O) groups excluding carboxylic acids is 3. The third-order valence-corrected chi connectivity index (χ3v) is 5.38. The van der Waals surface area contributed by atoms with Gasteiger partial charge in [0, 0.05) is 32.1 Å². The summed E-state index contributed by atoms with van der Waals surface area (Å²) in [5.41, 5.74) is -1.77. The van der Waals surface area contributed by atoms with Crippen molar-refractivity contribution in [1.29, 1.82) is 0 Å². The number of nitrogens with zero attached hydrogens (tertiary/aromatic N) is 1. The van der Waals surface area contributed by atoms with Crippen molar-refractivity contribution in [3.8, 4) is 0 Å². The van der Waals surface area contributed by atoms with Gasteiger partial charge in [0.2, 0.25) is 0 Å². The van der Waals surface area contributed by atoms with Gasteiger partial charge in [0.1, 0.15) is 17.1 Å². The molecule has 0 spiro atoms.